The molecule has 0 N–H and O–H groups in total. The third-order valence-electron chi connectivity index (χ3n) is 4.52. The van der Waals surface area contributed by atoms with Crippen molar-refractivity contribution >= 4 is 17.2 Å². The molecule has 0 saturated carbocycles. The van der Waals surface area contributed by atoms with Crippen LogP contribution in [0, 0.1) is 6.92 Å². The highest BCUT2D eigenvalue weighted by atomic mass is 32.1. The van der Waals surface area contributed by atoms with Gasteiger partial charge in [-0.3, -0.25) is 4.79 Å². The highest BCUT2D eigenvalue weighted by Gasteiger charge is 2.18. The largest absolute Gasteiger partial charge is 0.341 e. The second kappa shape index (κ2) is 8.40. The fraction of sp³-hybridized carbons (Fsp3) is 0.238. The maximum Gasteiger partial charge on any atom is 0.227 e. The molecule has 3 aromatic heterocycles. The number of hydrogen-bond acceptors (Lipinski definition) is 6. The lowest BCUT2D eigenvalue weighted by molar-refractivity contribution is -0.130. The Morgan fingerprint density at radius 1 is 1.21 bits per heavy atom. The zero-order valence-corrected chi connectivity index (χ0v) is 17.1. The Balaban J connectivity index is 1.52. The van der Waals surface area contributed by atoms with E-state index in [0.717, 1.165) is 21.8 Å². The predicted molar refractivity (Wildman–Crippen MR) is 111 cm³/mol. The molecule has 4 rings (SSSR count). The van der Waals surface area contributed by atoms with Crippen LogP contribution in [0.1, 0.15) is 23.7 Å². The summed E-state index contributed by atoms with van der Waals surface area (Å²) in [6.07, 6.45) is 2.75. The molecule has 0 saturated heterocycles. The first-order valence-corrected chi connectivity index (χ1v) is 10.2. The van der Waals surface area contributed by atoms with E-state index < -0.39 is 0 Å². The number of para-hydroxylation sites is 1. The Hall–Kier alpha value is -3.26. The van der Waals surface area contributed by atoms with E-state index >= 15 is 0 Å². The summed E-state index contributed by atoms with van der Waals surface area (Å²) in [5.41, 5.74) is 2.88. The summed E-state index contributed by atoms with van der Waals surface area (Å²) < 4.78 is 6.95. The first-order valence-electron chi connectivity index (χ1n) is 9.31. The van der Waals surface area contributed by atoms with E-state index in [0.29, 0.717) is 31.1 Å². The van der Waals surface area contributed by atoms with Crippen molar-refractivity contribution in [3.8, 4) is 16.3 Å². The van der Waals surface area contributed by atoms with Gasteiger partial charge in [0.1, 0.15) is 5.69 Å². The van der Waals surface area contributed by atoms with Crippen LogP contribution >= 0.6 is 11.3 Å². The summed E-state index contributed by atoms with van der Waals surface area (Å²) in [5, 5.41) is 10.6. The van der Waals surface area contributed by atoms with E-state index in [4.69, 9.17) is 9.62 Å². The SMILES string of the molecule is Cc1noc(CCC(=O)N(C)Cc2cn(-c3ccccc3)nc2-c2cccs2)n1. The quantitative estimate of drug-likeness (QED) is 0.465. The summed E-state index contributed by atoms with van der Waals surface area (Å²) in [7, 11) is 1.81. The second-order valence-electron chi connectivity index (χ2n) is 6.75. The molecular weight excluding hydrogens is 386 g/mol. The summed E-state index contributed by atoms with van der Waals surface area (Å²) in [4.78, 5) is 19.6. The zero-order chi connectivity index (χ0) is 20.2. The normalized spacial score (nSPS) is 11.0. The van der Waals surface area contributed by atoms with Crippen LogP contribution in [0.2, 0.25) is 0 Å². The minimum atomic E-state index is 0.0189. The molecule has 1 aromatic carbocycles. The van der Waals surface area contributed by atoms with Gasteiger partial charge in [-0.1, -0.05) is 29.4 Å². The molecule has 3 heterocycles. The highest BCUT2D eigenvalue weighted by Crippen LogP contribution is 2.28. The molecule has 0 fully saturated rings. The number of carbonyl (C=O) groups is 1. The Labute approximate surface area is 172 Å². The van der Waals surface area contributed by atoms with Gasteiger partial charge in [-0.2, -0.15) is 10.1 Å². The maximum atomic E-state index is 12.6. The van der Waals surface area contributed by atoms with Crippen LogP contribution < -0.4 is 0 Å². The van der Waals surface area contributed by atoms with Crippen molar-refractivity contribution in [2.75, 3.05) is 7.05 Å². The Morgan fingerprint density at radius 3 is 2.72 bits per heavy atom. The van der Waals surface area contributed by atoms with E-state index in [-0.39, 0.29) is 5.91 Å². The van der Waals surface area contributed by atoms with Crippen LogP contribution in [0.5, 0.6) is 0 Å². The molecule has 0 aliphatic carbocycles. The topological polar surface area (TPSA) is 77.0 Å². The van der Waals surface area contributed by atoms with Gasteiger partial charge >= 0.3 is 0 Å². The number of aryl methyl sites for hydroxylation is 2. The Kier molecular flexibility index (Phi) is 5.53. The number of aromatic nitrogens is 4. The van der Waals surface area contributed by atoms with Gasteiger partial charge in [-0.05, 0) is 30.5 Å². The van der Waals surface area contributed by atoms with Crippen LogP contribution in [0.15, 0.2) is 58.6 Å². The number of benzene rings is 1. The van der Waals surface area contributed by atoms with Crippen molar-refractivity contribution in [1.82, 2.24) is 24.8 Å². The van der Waals surface area contributed by atoms with Crippen LogP contribution in [-0.4, -0.2) is 37.8 Å². The Bertz CT molecular complexity index is 1090. The third-order valence-corrected chi connectivity index (χ3v) is 5.40. The van der Waals surface area contributed by atoms with Crippen LogP contribution in [0.3, 0.4) is 0 Å². The molecular formula is C21H21N5O2S. The first-order chi connectivity index (χ1) is 14.1. The van der Waals surface area contributed by atoms with E-state index in [9.17, 15) is 4.79 Å². The predicted octanol–water partition coefficient (Wildman–Crippen LogP) is 3.88. The lowest BCUT2D eigenvalue weighted by atomic mass is 10.2. The molecule has 0 aliphatic heterocycles. The van der Waals surface area contributed by atoms with Gasteiger partial charge in [0.15, 0.2) is 5.82 Å². The van der Waals surface area contributed by atoms with Crippen molar-refractivity contribution in [2.45, 2.75) is 26.3 Å². The second-order valence-corrected chi connectivity index (χ2v) is 7.69. The molecule has 0 unspecified atom stereocenters. The molecule has 1 amide bonds. The fourth-order valence-corrected chi connectivity index (χ4v) is 3.79. The summed E-state index contributed by atoms with van der Waals surface area (Å²) in [6, 6.07) is 14.0. The van der Waals surface area contributed by atoms with E-state index in [2.05, 4.69) is 10.1 Å². The van der Waals surface area contributed by atoms with Crippen molar-refractivity contribution in [3.05, 3.63) is 71.3 Å². The third kappa shape index (κ3) is 4.43. The van der Waals surface area contributed by atoms with E-state index in [1.165, 1.54) is 0 Å². The number of thiophene rings is 1. The molecule has 29 heavy (non-hydrogen) atoms. The Morgan fingerprint density at radius 2 is 2.03 bits per heavy atom. The minimum absolute atomic E-state index is 0.0189. The summed E-state index contributed by atoms with van der Waals surface area (Å²) in [6.45, 7) is 2.24. The molecule has 7 nitrogen and oxygen atoms in total. The fourth-order valence-electron chi connectivity index (χ4n) is 3.05. The van der Waals surface area contributed by atoms with Crippen molar-refractivity contribution < 1.29 is 9.32 Å². The lowest BCUT2D eigenvalue weighted by Gasteiger charge is -2.16. The van der Waals surface area contributed by atoms with Gasteiger partial charge < -0.3 is 9.42 Å². The molecule has 0 atom stereocenters. The summed E-state index contributed by atoms with van der Waals surface area (Å²) >= 11 is 1.64. The standard InChI is InChI=1S/C21H21N5O2S/c1-15-22-19(28-24-15)10-11-20(27)25(2)13-16-14-26(17-7-4-3-5-8-17)23-21(16)18-9-6-12-29-18/h3-9,12,14H,10-11,13H2,1-2H3. The minimum Gasteiger partial charge on any atom is -0.341 e. The highest BCUT2D eigenvalue weighted by molar-refractivity contribution is 7.13. The number of carbonyl (C=O) groups excluding carboxylic acids is 1. The van der Waals surface area contributed by atoms with Gasteiger partial charge in [0, 0.05) is 38.2 Å². The summed E-state index contributed by atoms with van der Waals surface area (Å²) in [5.74, 6) is 1.08. The zero-order valence-electron chi connectivity index (χ0n) is 16.3. The number of hydrogen-bond donors (Lipinski definition) is 0. The van der Waals surface area contributed by atoms with Gasteiger partial charge in [-0.25, -0.2) is 4.68 Å². The van der Waals surface area contributed by atoms with Crippen LogP contribution in [0.4, 0.5) is 0 Å². The van der Waals surface area contributed by atoms with Gasteiger partial charge in [0.25, 0.3) is 0 Å². The average molecular weight is 407 g/mol. The number of amides is 1. The number of rotatable bonds is 7. The average Bonchev–Trinajstić information content (AvgIpc) is 3.47. The lowest BCUT2D eigenvalue weighted by Crippen LogP contribution is -2.26. The molecule has 4 aromatic rings. The maximum absolute atomic E-state index is 12.6. The molecule has 148 valence electrons. The van der Waals surface area contributed by atoms with Crippen molar-refractivity contribution in [2.24, 2.45) is 0 Å². The van der Waals surface area contributed by atoms with Gasteiger partial charge in [0.05, 0.1) is 10.6 Å². The monoisotopic (exact) mass is 407 g/mol. The smallest absolute Gasteiger partial charge is 0.227 e. The van der Waals surface area contributed by atoms with E-state index in [1.807, 2.05) is 58.7 Å². The number of nitrogens with zero attached hydrogens (tertiary/aromatic N) is 5. The molecule has 0 aliphatic rings. The first kappa shape index (κ1) is 19.1. The molecule has 0 spiro atoms. The van der Waals surface area contributed by atoms with Crippen LogP contribution in [-0.2, 0) is 17.8 Å². The van der Waals surface area contributed by atoms with Crippen LogP contribution in [0.25, 0.3) is 16.3 Å². The van der Waals surface area contributed by atoms with Crippen molar-refractivity contribution in [3.63, 3.8) is 0 Å². The van der Waals surface area contributed by atoms with Gasteiger partial charge in [0.2, 0.25) is 11.8 Å². The molecule has 0 radical (unpaired) electrons. The van der Waals surface area contributed by atoms with Gasteiger partial charge in [-0.15, -0.1) is 11.3 Å². The molecule has 0 bridgehead atoms. The van der Waals surface area contributed by atoms with Crippen molar-refractivity contribution in [1.29, 1.82) is 0 Å². The molecule has 8 heteroatoms. The van der Waals surface area contributed by atoms with E-state index in [1.54, 1.807) is 30.2 Å².